The molecule has 0 heterocycles. The van der Waals surface area contributed by atoms with Crippen LogP contribution < -0.4 is 0 Å². The molecule has 2 aromatic rings. The van der Waals surface area contributed by atoms with Crippen molar-refractivity contribution in [2.75, 3.05) is 14.1 Å². The van der Waals surface area contributed by atoms with Crippen LogP contribution in [-0.4, -0.2) is 32.8 Å². The van der Waals surface area contributed by atoms with E-state index in [1.165, 1.54) is 63.5 Å². The first-order chi connectivity index (χ1) is 12.4. The molecule has 0 aliphatic heterocycles. The lowest BCUT2D eigenvalue weighted by Crippen LogP contribution is -2.22. The van der Waals surface area contributed by atoms with Crippen molar-refractivity contribution in [3.05, 3.63) is 65.2 Å². The molecule has 0 aliphatic carbocycles. The average molecular weight is 401 g/mol. The van der Waals surface area contributed by atoms with Gasteiger partial charge in [0, 0.05) is 19.7 Å². The third-order valence-electron chi connectivity index (χ3n) is 3.86. The maximum atomic E-state index is 13.1. The lowest BCUT2D eigenvalue weighted by molar-refractivity contribution is -0.139. The molecular formula is C18H18F3NO4S. The van der Waals surface area contributed by atoms with Gasteiger partial charge in [0.1, 0.15) is 6.10 Å². The Hall–Kier alpha value is -2.39. The van der Waals surface area contributed by atoms with Crippen LogP contribution in [0.15, 0.2) is 53.4 Å². The molecule has 1 atom stereocenters. The Balaban J connectivity index is 2.21. The van der Waals surface area contributed by atoms with E-state index in [-0.39, 0.29) is 16.0 Å². The molecule has 0 unspecified atom stereocenters. The summed E-state index contributed by atoms with van der Waals surface area (Å²) in [7, 11) is -0.907. The second-order valence-corrected chi connectivity index (χ2v) is 8.10. The fraction of sp³-hybridized carbons (Fsp3) is 0.278. The maximum Gasteiger partial charge on any atom is 0.416 e. The van der Waals surface area contributed by atoms with Crippen molar-refractivity contribution < 1.29 is 31.1 Å². The normalized spacial score (nSPS) is 13.4. The molecule has 0 radical (unpaired) electrons. The zero-order chi connectivity index (χ0) is 20.4. The Bertz CT molecular complexity index is 922. The van der Waals surface area contributed by atoms with Crippen LogP contribution in [0.3, 0.4) is 0 Å². The summed E-state index contributed by atoms with van der Waals surface area (Å²) < 4.78 is 69.4. The summed E-state index contributed by atoms with van der Waals surface area (Å²) in [5, 5.41) is 0. The van der Waals surface area contributed by atoms with Gasteiger partial charge in [-0.1, -0.05) is 18.2 Å². The zero-order valence-corrected chi connectivity index (χ0v) is 15.6. The van der Waals surface area contributed by atoms with E-state index in [1.807, 2.05) is 0 Å². The molecular weight excluding hydrogens is 383 g/mol. The summed E-state index contributed by atoms with van der Waals surface area (Å²) in [6, 6.07) is 9.82. The molecule has 0 aliphatic rings. The van der Waals surface area contributed by atoms with Crippen molar-refractivity contribution in [2.24, 2.45) is 0 Å². The van der Waals surface area contributed by atoms with Crippen LogP contribution >= 0.6 is 0 Å². The van der Waals surface area contributed by atoms with Crippen LogP contribution in [-0.2, 0) is 20.9 Å². The molecule has 0 amide bonds. The van der Waals surface area contributed by atoms with E-state index in [2.05, 4.69) is 0 Å². The van der Waals surface area contributed by atoms with Crippen molar-refractivity contribution in [1.82, 2.24) is 4.31 Å². The fourth-order valence-corrected chi connectivity index (χ4v) is 3.28. The minimum atomic E-state index is -4.57. The van der Waals surface area contributed by atoms with Crippen LogP contribution in [0.25, 0.3) is 0 Å². The second kappa shape index (κ2) is 7.69. The van der Waals surface area contributed by atoms with Gasteiger partial charge < -0.3 is 4.74 Å². The molecule has 2 aromatic carbocycles. The highest BCUT2D eigenvalue weighted by Crippen LogP contribution is 2.35. The predicted octanol–water partition coefficient (Wildman–Crippen LogP) is 3.87. The molecule has 0 N–H and O–H groups in total. The number of benzene rings is 2. The predicted molar refractivity (Wildman–Crippen MR) is 92.6 cm³/mol. The molecule has 0 bridgehead atoms. The van der Waals surface area contributed by atoms with Crippen molar-refractivity contribution in [3.8, 4) is 0 Å². The number of carbonyl (C=O) groups excluding carboxylic acids is 1. The summed E-state index contributed by atoms with van der Waals surface area (Å²) in [4.78, 5) is 12.2. The quantitative estimate of drug-likeness (QED) is 0.714. The molecule has 146 valence electrons. The Morgan fingerprint density at radius 2 is 1.59 bits per heavy atom. The Labute approximate surface area is 155 Å². The maximum absolute atomic E-state index is 13.1. The smallest absolute Gasteiger partial charge is 0.416 e. The first kappa shape index (κ1) is 20.9. The number of ether oxygens (including phenoxy) is 1. The van der Waals surface area contributed by atoms with Gasteiger partial charge in [-0.25, -0.2) is 17.5 Å². The van der Waals surface area contributed by atoms with E-state index in [4.69, 9.17) is 4.74 Å². The van der Waals surface area contributed by atoms with Gasteiger partial charge in [-0.05, 0) is 37.3 Å². The van der Waals surface area contributed by atoms with Gasteiger partial charge in [0.15, 0.2) is 0 Å². The SMILES string of the molecule is C[C@@H](OC(=O)c1ccc(S(=O)(=O)N(C)C)cc1)c1ccccc1C(F)(F)F. The largest absolute Gasteiger partial charge is 0.454 e. The molecule has 9 heteroatoms. The summed E-state index contributed by atoms with van der Waals surface area (Å²) in [5.41, 5.74) is -1.01. The number of rotatable bonds is 5. The molecule has 0 spiro atoms. The third kappa shape index (κ3) is 4.67. The van der Waals surface area contributed by atoms with Crippen molar-refractivity contribution in [3.63, 3.8) is 0 Å². The molecule has 0 saturated carbocycles. The van der Waals surface area contributed by atoms with Gasteiger partial charge in [0.05, 0.1) is 16.0 Å². The molecule has 2 rings (SSSR count). The van der Waals surface area contributed by atoms with Gasteiger partial charge in [-0.2, -0.15) is 13.2 Å². The van der Waals surface area contributed by atoms with Gasteiger partial charge in [0.2, 0.25) is 10.0 Å². The number of sulfonamides is 1. The standard InChI is InChI=1S/C18H18F3NO4S/c1-12(15-6-4-5-7-16(15)18(19,20)21)26-17(23)13-8-10-14(11-9-13)27(24,25)22(2)3/h4-12H,1-3H3/t12-/m1/s1. The van der Waals surface area contributed by atoms with Gasteiger partial charge in [-0.15, -0.1) is 0 Å². The van der Waals surface area contributed by atoms with E-state index in [0.717, 1.165) is 10.4 Å². The van der Waals surface area contributed by atoms with E-state index in [1.54, 1.807) is 0 Å². The number of carbonyl (C=O) groups is 1. The molecule has 0 aromatic heterocycles. The summed E-state index contributed by atoms with van der Waals surface area (Å²) in [5.74, 6) is -0.853. The number of hydrogen-bond acceptors (Lipinski definition) is 4. The second-order valence-electron chi connectivity index (χ2n) is 5.94. The topological polar surface area (TPSA) is 63.7 Å². The highest BCUT2D eigenvalue weighted by Gasteiger charge is 2.35. The summed E-state index contributed by atoms with van der Waals surface area (Å²) >= 11 is 0. The Morgan fingerprint density at radius 1 is 1.04 bits per heavy atom. The van der Waals surface area contributed by atoms with Crippen molar-refractivity contribution >= 4 is 16.0 Å². The lowest BCUT2D eigenvalue weighted by Gasteiger charge is -2.19. The highest BCUT2D eigenvalue weighted by molar-refractivity contribution is 7.89. The molecule has 27 heavy (non-hydrogen) atoms. The van der Waals surface area contributed by atoms with E-state index in [0.29, 0.717) is 0 Å². The monoisotopic (exact) mass is 401 g/mol. The number of halogens is 3. The van der Waals surface area contributed by atoms with E-state index in [9.17, 15) is 26.4 Å². The van der Waals surface area contributed by atoms with Crippen molar-refractivity contribution in [2.45, 2.75) is 24.1 Å². The van der Waals surface area contributed by atoms with Crippen molar-refractivity contribution in [1.29, 1.82) is 0 Å². The first-order valence-corrected chi connectivity index (χ1v) is 9.28. The molecule has 5 nitrogen and oxygen atoms in total. The number of esters is 1. The minimum absolute atomic E-state index is 0.0143. The van der Waals surface area contributed by atoms with E-state index >= 15 is 0 Å². The highest BCUT2D eigenvalue weighted by atomic mass is 32.2. The molecule has 0 saturated heterocycles. The number of nitrogens with zero attached hydrogens (tertiary/aromatic N) is 1. The first-order valence-electron chi connectivity index (χ1n) is 7.84. The van der Waals surface area contributed by atoms with Crippen LogP contribution in [0, 0.1) is 0 Å². The minimum Gasteiger partial charge on any atom is -0.454 e. The Kier molecular flexibility index (Phi) is 5.96. The third-order valence-corrected chi connectivity index (χ3v) is 5.69. The Morgan fingerprint density at radius 3 is 2.11 bits per heavy atom. The average Bonchev–Trinajstić information content (AvgIpc) is 2.60. The van der Waals surface area contributed by atoms with Gasteiger partial charge in [0.25, 0.3) is 0 Å². The van der Waals surface area contributed by atoms with E-state index < -0.39 is 33.8 Å². The van der Waals surface area contributed by atoms with Crippen LogP contribution in [0.5, 0.6) is 0 Å². The number of alkyl halides is 3. The summed E-state index contributed by atoms with van der Waals surface area (Å²) in [6.45, 7) is 1.34. The molecule has 0 fully saturated rings. The van der Waals surface area contributed by atoms with Crippen LogP contribution in [0.4, 0.5) is 13.2 Å². The fourth-order valence-electron chi connectivity index (χ4n) is 2.38. The summed E-state index contributed by atoms with van der Waals surface area (Å²) in [6.07, 6.45) is -5.71. The van der Waals surface area contributed by atoms with Gasteiger partial charge in [-0.3, -0.25) is 0 Å². The lowest BCUT2D eigenvalue weighted by atomic mass is 10.0. The number of hydrogen-bond donors (Lipinski definition) is 0. The van der Waals surface area contributed by atoms with Gasteiger partial charge >= 0.3 is 12.1 Å². The zero-order valence-electron chi connectivity index (χ0n) is 14.8. The van der Waals surface area contributed by atoms with Crippen LogP contribution in [0.2, 0.25) is 0 Å². The van der Waals surface area contributed by atoms with Crippen LogP contribution in [0.1, 0.15) is 34.5 Å².